The molecule has 2 aromatic rings. The van der Waals surface area contributed by atoms with E-state index in [-0.39, 0.29) is 5.82 Å². The van der Waals surface area contributed by atoms with Gasteiger partial charge < -0.3 is 5.73 Å². The standard InChI is InChI=1S/C15H14Br2FN/c1-8-3-4-14(18)11(5-8)15(19)10-7-12(16)9(2)6-13(10)17/h3-7,15H,19H2,1-2H3. The maximum Gasteiger partial charge on any atom is 0.128 e. The van der Waals surface area contributed by atoms with Crippen LogP contribution in [0.25, 0.3) is 0 Å². The number of aryl methyl sites for hydroxylation is 2. The lowest BCUT2D eigenvalue weighted by Gasteiger charge is -2.17. The zero-order chi connectivity index (χ0) is 14.2. The summed E-state index contributed by atoms with van der Waals surface area (Å²) in [6, 6.07) is 8.41. The summed E-state index contributed by atoms with van der Waals surface area (Å²) < 4.78 is 15.8. The van der Waals surface area contributed by atoms with Crippen LogP contribution in [0.1, 0.15) is 28.3 Å². The van der Waals surface area contributed by atoms with E-state index in [1.165, 1.54) is 6.07 Å². The molecule has 0 aromatic heterocycles. The van der Waals surface area contributed by atoms with E-state index in [9.17, 15) is 4.39 Å². The smallest absolute Gasteiger partial charge is 0.128 e. The van der Waals surface area contributed by atoms with E-state index in [4.69, 9.17) is 5.73 Å². The Morgan fingerprint density at radius 3 is 2.37 bits per heavy atom. The van der Waals surface area contributed by atoms with Crippen molar-refractivity contribution in [1.82, 2.24) is 0 Å². The van der Waals surface area contributed by atoms with E-state index in [0.717, 1.165) is 25.6 Å². The Hall–Kier alpha value is -0.710. The van der Waals surface area contributed by atoms with Crippen LogP contribution in [0.2, 0.25) is 0 Å². The van der Waals surface area contributed by atoms with Crippen molar-refractivity contribution in [3.63, 3.8) is 0 Å². The van der Waals surface area contributed by atoms with E-state index in [1.807, 2.05) is 26.0 Å². The highest BCUT2D eigenvalue weighted by Crippen LogP contribution is 2.32. The van der Waals surface area contributed by atoms with Crippen molar-refractivity contribution < 1.29 is 4.39 Å². The Labute approximate surface area is 129 Å². The van der Waals surface area contributed by atoms with E-state index < -0.39 is 6.04 Å². The quantitative estimate of drug-likeness (QED) is 0.770. The molecule has 0 saturated heterocycles. The Morgan fingerprint density at radius 1 is 1.00 bits per heavy atom. The van der Waals surface area contributed by atoms with Crippen molar-refractivity contribution in [3.05, 3.63) is 67.3 Å². The molecule has 0 aliphatic heterocycles. The van der Waals surface area contributed by atoms with E-state index >= 15 is 0 Å². The Morgan fingerprint density at radius 2 is 1.68 bits per heavy atom. The van der Waals surface area contributed by atoms with Crippen LogP contribution in [0, 0.1) is 19.7 Å². The minimum atomic E-state index is -0.494. The lowest BCUT2D eigenvalue weighted by atomic mass is 9.97. The summed E-state index contributed by atoms with van der Waals surface area (Å²) in [5.41, 5.74) is 9.69. The highest BCUT2D eigenvalue weighted by Gasteiger charge is 2.17. The summed E-state index contributed by atoms with van der Waals surface area (Å²) in [7, 11) is 0. The first kappa shape index (κ1) is 14.7. The van der Waals surface area contributed by atoms with Crippen LogP contribution in [-0.4, -0.2) is 0 Å². The van der Waals surface area contributed by atoms with Crippen molar-refractivity contribution in [2.45, 2.75) is 19.9 Å². The molecular formula is C15H14Br2FN. The molecule has 0 aliphatic carbocycles. The maximum absolute atomic E-state index is 13.9. The van der Waals surface area contributed by atoms with Gasteiger partial charge in [-0.15, -0.1) is 0 Å². The molecule has 0 spiro atoms. The van der Waals surface area contributed by atoms with Crippen LogP contribution in [0.15, 0.2) is 39.3 Å². The highest BCUT2D eigenvalue weighted by molar-refractivity contribution is 9.11. The third-order valence-electron chi connectivity index (χ3n) is 3.10. The van der Waals surface area contributed by atoms with Crippen LogP contribution in [0.4, 0.5) is 4.39 Å². The molecule has 0 aliphatic rings. The molecule has 1 atom stereocenters. The third-order valence-corrected chi connectivity index (χ3v) is 4.64. The molecule has 19 heavy (non-hydrogen) atoms. The van der Waals surface area contributed by atoms with Gasteiger partial charge in [0, 0.05) is 14.5 Å². The second kappa shape index (κ2) is 5.73. The van der Waals surface area contributed by atoms with Crippen molar-refractivity contribution in [1.29, 1.82) is 0 Å². The van der Waals surface area contributed by atoms with Gasteiger partial charge in [-0.2, -0.15) is 0 Å². The number of nitrogens with two attached hydrogens (primary N) is 1. The summed E-state index contributed by atoms with van der Waals surface area (Å²) in [6.45, 7) is 3.92. The fraction of sp³-hybridized carbons (Fsp3) is 0.200. The average molecular weight is 387 g/mol. The Bertz CT molecular complexity index is 626. The molecule has 0 fully saturated rings. The first-order valence-corrected chi connectivity index (χ1v) is 7.46. The summed E-state index contributed by atoms with van der Waals surface area (Å²) in [5.74, 6) is -0.276. The molecule has 2 N–H and O–H groups in total. The van der Waals surface area contributed by atoms with Gasteiger partial charge in [-0.1, -0.05) is 49.6 Å². The molecule has 0 amide bonds. The molecule has 0 saturated carbocycles. The highest BCUT2D eigenvalue weighted by atomic mass is 79.9. The first-order valence-electron chi connectivity index (χ1n) is 5.87. The number of hydrogen-bond donors (Lipinski definition) is 1. The SMILES string of the molecule is Cc1ccc(F)c(C(N)c2cc(Br)c(C)cc2Br)c1. The van der Waals surface area contributed by atoms with E-state index in [2.05, 4.69) is 31.9 Å². The fourth-order valence-electron chi connectivity index (χ4n) is 1.97. The summed E-state index contributed by atoms with van der Waals surface area (Å²) in [5, 5.41) is 0. The van der Waals surface area contributed by atoms with E-state index in [1.54, 1.807) is 12.1 Å². The number of halogens is 3. The summed E-state index contributed by atoms with van der Waals surface area (Å²) in [4.78, 5) is 0. The van der Waals surface area contributed by atoms with Gasteiger partial charge in [-0.05, 0) is 43.2 Å². The molecule has 2 rings (SSSR count). The number of rotatable bonds is 2. The lowest BCUT2D eigenvalue weighted by molar-refractivity contribution is 0.598. The zero-order valence-corrected chi connectivity index (χ0v) is 13.8. The van der Waals surface area contributed by atoms with Crippen molar-refractivity contribution >= 4 is 31.9 Å². The minimum Gasteiger partial charge on any atom is -0.320 e. The molecule has 1 nitrogen and oxygen atoms in total. The summed E-state index contributed by atoms with van der Waals surface area (Å²) >= 11 is 6.98. The van der Waals surface area contributed by atoms with Gasteiger partial charge in [-0.3, -0.25) is 0 Å². The maximum atomic E-state index is 13.9. The first-order chi connectivity index (χ1) is 8.90. The van der Waals surface area contributed by atoms with Gasteiger partial charge >= 0.3 is 0 Å². The molecule has 0 heterocycles. The topological polar surface area (TPSA) is 26.0 Å². The molecule has 100 valence electrons. The molecule has 2 aromatic carbocycles. The monoisotopic (exact) mass is 385 g/mol. The predicted octanol–water partition coefficient (Wildman–Crippen LogP) is 5.02. The second-order valence-corrected chi connectivity index (χ2v) is 6.33. The van der Waals surface area contributed by atoms with Crippen LogP contribution >= 0.6 is 31.9 Å². The lowest BCUT2D eigenvalue weighted by Crippen LogP contribution is -2.14. The van der Waals surface area contributed by atoms with Crippen LogP contribution in [0.3, 0.4) is 0 Å². The second-order valence-electron chi connectivity index (χ2n) is 4.63. The molecular weight excluding hydrogens is 373 g/mol. The van der Waals surface area contributed by atoms with Gasteiger partial charge in [0.2, 0.25) is 0 Å². The van der Waals surface area contributed by atoms with Gasteiger partial charge in [-0.25, -0.2) is 4.39 Å². The van der Waals surface area contributed by atoms with Crippen LogP contribution in [-0.2, 0) is 0 Å². The largest absolute Gasteiger partial charge is 0.320 e. The minimum absolute atomic E-state index is 0.276. The molecule has 4 heteroatoms. The predicted molar refractivity (Wildman–Crippen MR) is 83.7 cm³/mol. The molecule has 1 unspecified atom stereocenters. The zero-order valence-electron chi connectivity index (χ0n) is 10.7. The van der Waals surface area contributed by atoms with Gasteiger partial charge in [0.15, 0.2) is 0 Å². The third kappa shape index (κ3) is 3.07. The average Bonchev–Trinajstić information content (AvgIpc) is 2.36. The van der Waals surface area contributed by atoms with Crippen molar-refractivity contribution in [2.24, 2.45) is 5.73 Å². The van der Waals surface area contributed by atoms with Crippen molar-refractivity contribution in [2.75, 3.05) is 0 Å². The van der Waals surface area contributed by atoms with Gasteiger partial charge in [0.05, 0.1) is 6.04 Å². The van der Waals surface area contributed by atoms with Crippen molar-refractivity contribution in [3.8, 4) is 0 Å². The normalized spacial score (nSPS) is 12.5. The van der Waals surface area contributed by atoms with Crippen LogP contribution < -0.4 is 5.73 Å². The van der Waals surface area contributed by atoms with Gasteiger partial charge in [0.1, 0.15) is 5.82 Å². The summed E-state index contributed by atoms with van der Waals surface area (Å²) in [6.07, 6.45) is 0. The van der Waals surface area contributed by atoms with Gasteiger partial charge in [0.25, 0.3) is 0 Å². The number of benzene rings is 2. The molecule has 0 bridgehead atoms. The van der Waals surface area contributed by atoms with E-state index in [0.29, 0.717) is 5.56 Å². The molecule has 0 radical (unpaired) electrons. The fourth-order valence-corrected chi connectivity index (χ4v) is 3.03. The Balaban J connectivity index is 2.52. The van der Waals surface area contributed by atoms with Crippen LogP contribution in [0.5, 0.6) is 0 Å². The Kier molecular flexibility index (Phi) is 4.43. The number of hydrogen-bond acceptors (Lipinski definition) is 1.